The van der Waals surface area contributed by atoms with E-state index in [1.54, 1.807) is 0 Å². The van der Waals surface area contributed by atoms with Gasteiger partial charge in [-0.15, -0.1) is 0 Å². The lowest BCUT2D eigenvalue weighted by Crippen LogP contribution is -2.37. The molecule has 2 atom stereocenters. The van der Waals surface area contributed by atoms with Crippen molar-refractivity contribution in [1.29, 1.82) is 0 Å². The van der Waals surface area contributed by atoms with Crippen LogP contribution in [0.5, 0.6) is 0 Å². The number of ether oxygens (including phenoxy) is 1. The van der Waals surface area contributed by atoms with Crippen molar-refractivity contribution in [3.8, 4) is 0 Å². The third-order valence-electron chi connectivity index (χ3n) is 2.66. The highest BCUT2D eigenvalue weighted by molar-refractivity contribution is 7.45. The fraction of sp³-hybridized carbons (Fsp3) is 0.786. The summed E-state index contributed by atoms with van der Waals surface area (Å²) in [5, 5.41) is 0. The second kappa shape index (κ2) is 9.43. The first-order valence-electron chi connectivity index (χ1n) is 7.24. The molecule has 0 aliphatic carbocycles. The average molecular weight is 337 g/mol. The van der Waals surface area contributed by atoms with Crippen molar-refractivity contribution in [2.45, 2.75) is 32.8 Å². The Morgan fingerprint density at radius 2 is 1.91 bits per heavy atom. The van der Waals surface area contributed by atoms with Gasteiger partial charge < -0.3 is 23.2 Å². The maximum Gasteiger partial charge on any atom is 0.333 e. The molecule has 8 heteroatoms. The van der Waals surface area contributed by atoms with Crippen LogP contribution in [0.25, 0.3) is 0 Å². The normalized spacial score (nSPS) is 15.9. The van der Waals surface area contributed by atoms with E-state index in [0.717, 1.165) is 6.42 Å². The van der Waals surface area contributed by atoms with Gasteiger partial charge in [0.05, 0.1) is 27.7 Å². The molecule has 0 aromatic heterocycles. The summed E-state index contributed by atoms with van der Waals surface area (Å²) in [6.45, 7) is 7.22. The van der Waals surface area contributed by atoms with Crippen LogP contribution < -0.4 is 4.89 Å². The molecule has 0 aliphatic heterocycles. The number of hydrogen-bond acceptors (Lipinski definition) is 6. The zero-order valence-electron chi connectivity index (χ0n) is 14.2. The van der Waals surface area contributed by atoms with E-state index in [-0.39, 0.29) is 18.8 Å². The molecule has 0 heterocycles. The summed E-state index contributed by atoms with van der Waals surface area (Å²) in [7, 11) is 1.38. The Bertz CT molecular complexity index is 418. The van der Waals surface area contributed by atoms with Gasteiger partial charge >= 0.3 is 5.97 Å². The minimum absolute atomic E-state index is 0.0360. The van der Waals surface area contributed by atoms with Crippen molar-refractivity contribution in [1.82, 2.24) is 0 Å². The fourth-order valence-electron chi connectivity index (χ4n) is 1.39. The van der Waals surface area contributed by atoms with Gasteiger partial charge in [-0.1, -0.05) is 19.9 Å². The van der Waals surface area contributed by atoms with Crippen LogP contribution in [0.15, 0.2) is 12.2 Å². The van der Waals surface area contributed by atoms with Gasteiger partial charge in [0.2, 0.25) is 0 Å². The van der Waals surface area contributed by atoms with Crippen molar-refractivity contribution in [3.05, 3.63) is 12.2 Å². The van der Waals surface area contributed by atoms with Crippen molar-refractivity contribution in [2.75, 3.05) is 40.9 Å². The molecular weight excluding hydrogens is 309 g/mol. The van der Waals surface area contributed by atoms with Crippen LogP contribution in [0.1, 0.15) is 26.7 Å². The van der Waals surface area contributed by atoms with Crippen molar-refractivity contribution >= 4 is 13.8 Å². The summed E-state index contributed by atoms with van der Waals surface area (Å²) in [4.78, 5) is 23.1. The molecular formula is C14H28NO6P. The Morgan fingerprint density at radius 1 is 1.32 bits per heavy atom. The molecule has 0 saturated carbocycles. The summed E-state index contributed by atoms with van der Waals surface area (Å²) in [6.07, 6.45) is 0.583. The van der Waals surface area contributed by atoms with E-state index in [4.69, 9.17) is 13.8 Å². The smallest absolute Gasteiger partial charge is 0.333 e. The van der Waals surface area contributed by atoms with Crippen LogP contribution in [0.3, 0.4) is 0 Å². The van der Waals surface area contributed by atoms with Crippen LogP contribution in [0, 0.1) is 0 Å². The summed E-state index contributed by atoms with van der Waals surface area (Å²) in [5.74, 6) is -0.561. The molecule has 22 heavy (non-hydrogen) atoms. The van der Waals surface area contributed by atoms with Crippen molar-refractivity contribution in [3.63, 3.8) is 0 Å². The lowest BCUT2D eigenvalue weighted by atomic mass is 10.2. The summed E-state index contributed by atoms with van der Waals surface area (Å²) in [6, 6.07) is 0. The Kier molecular flexibility index (Phi) is 9.12. The highest BCUT2D eigenvalue weighted by Gasteiger charge is 2.19. The third kappa shape index (κ3) is 10.9. The number of nitrogens with zero attached hydrogens (tertiary/aromatic N) is 1. The van der Waals surface area contributed by atoms with E-state index in [0.29, 0.717) is 17.4 Å². The Labute approximate surface area is 133 Å². The Hall–Kier alpha value is -0.720. The molecule has 0 N–H and O–H groups in total. The second-order valence-corrected chi connectivity index (χ2v) is 7.60. The number of likely N-dealkylation sites (N-methyl/N-ethyl adjacent to an activating group) is 1. The molecule has 130 valence electrons. The van der Waals surface area contributed by atoms with E-state index in [1.807, 2.05) is 28.1 Å². The van der Waals surface area contributed by atoms with Crippen LogP contribution in [0.4, 0.5) is 0 Å². The van der Waals surface area contributed by atoms with Crippen LogP contribution in [-0.2, 0) is 23.1 Å². The Balaban J connectivity index is 4.35. The topological polar surface area (TPSA) is 84.9 Å². The van der Waals surface area contributed by atoms with Crippen molar-refractivity contribution < 1.29 is 32.5 Å². The van der Waals surface area contributed by atoms with Gasteiger partial charge in [0, 0.05) is 5.57 Å². The average Bonchev–Trinajstić information content (AvgIpc) is 2.34. The van der Waals surface area contributed by atoms with Gasteiger partial charge in [-0.2, -0.15) is 0 Å². The lowest BCUT2D eigenvalue weighted by molar-refractivity contribution is -0.870. The number of carbonyl (C=O) groups excluding carboxylic acids is 1. The van der Waals surface area contributed by atoms with Gasteiger partial charge in [-0.25, -0.2) is 4.79 Å². The van der Waals surface area contributed by atoms with Gasteiger partial charge in [0.1, 0.15) is 19.3 Å². The molecule has 0 bridgehead atoms. The van der Waals surface area contributed by atoms with E-state index in [9.17, 15) is 14.3 Å². The molecule has 0 fully saturated rings. The molecule has 0 rings (SSSR count). The molecule has 7 nitrogen and oxygen atoms in total. The first-order chi connectivity index (χ1) is 9.97. The minimum Gasteiger partial charge on any atom is -0.756 e. The molecule has 0 aromatic rings. The highest BCUT2D eigenvalue weighted by Crippen LogP contribution is 2.38. The number of esters is 1. The first kappa shape index (κ1) is 21.3. The van der Waals surface area contributed by atoms with Crippen LogP contribution in [0.2, 0.25) is 0 Å². The predicted octanol–water partition coefficient (Wildman–Crippen LogP) is 1.48. The van der Waals surface area contributed by atoms with Crippen LogP contribution >= 0.6 is 7.82 Å². The zero-order valence-corrected chi connectivity index (χ0v) is 15.1. The quantitative estimate of drug-likeness (QED) is 0.246. The second-order valence-electron chi connectivity index (χ2n) is 6.19. The van der Waals surface area contributed by atoms with E-state index < -0.39 is 19.9 Å². The minimum atomic E-state index is -4.40. The molecule has 2 unspecified atom stereocenters. The van der Waals surface area contributed by atoms with Gasteiger partial charge in [-0.3, -0.25) is 4.57 Å². The zero-order chi connectivity index (χ0) is 17.4. The number of rotatable bonds is 11. The maximum absolute atomic E-state index is 11.7. The number of carbonyl (C=O) groups is 1. The molecule has 0 aromatic carbocycles. The van der Waals surface area contributed by atoms with Gasteiger partial charge in [-0.05, 0) is 13.3 Å². The molecule has 0 radical (unpaired) electrons. The largest absolute Gasteiger partial charge is 0.756 e. The number of quaternary nitrogens is 1. The summed E-state index contributed by atoms with van der Waals surface area (Å²) in [5.41, 5.74) is 0.255. The number of hydrogen-bond donors (Lipinski definition) is 0. The SMILES string of the molecule is C=C(C)C(=O)OC(CCC)COP(=O)([O-])OCC[N+](C)(C)C. The first-order valence-corrected chi connectivity index (χ1v) is 8.70. The van der Waals surface area contributed by atoms with Gasteiger partial charge in [0.25, 0.3) is 7.82 Å². The molecule has 0 aliphatic rings. The molecule has 0 spiro atoms. The standard InChI is InChI=1S/C14H28NO6P/c1-7-8-13(21-14(16)12(2)3)11-20-22(17,18)19-10-9-15(4,5)6/h13H,2,7-11H2,1,3-6H3. The molecule has 0 saturated heterocycles. The maximum atomic E-state index is 11.7. The fourth-order valence-corrected chi connectivity index (χ4v) is 2.12. The monoisotopic (exact) mass is 337 g/mol. The van der Waals surface area contributed by atoms with Crippen LogP contribution in [-0.4, -0.2) is 57.5 Å². The number of phosphoric acid groups is 1. The summed E-state index contributed by atoms with van der Waals surface area (Å²) < 4.78 is 27.0. The molecule has 0 amide bonds. The lowest BCUT2D eigenvalue weighted by Gasteiger charge is -2.28. The summed E-state index contributed by atoms with van der Waals surface area (Å²) >= 11 is 0. The predicted molar refractivity (Wildman–Crippen MR) is 82.0 cm³/mol. The van der Waals surface area contributed by atoms with E-state index >= 15 is 0 Å². The Morgan fingerprint density at radius 3 is 2.36 bits per heavy atom. The highest BCUT2D eigenvalue weighted by atomic mass is 31.2. The third-order valence-corrected chi connectivity index (χ3v) is 3.63. The van der Waals surface area contributed by atoms with Gasteiger partial charge in [0.15, 0.2) is 0 Å². The van der Waals surface area contributed by atoms with Crippen molar-refractivity contribution in [2.24, 2.45) is 0 Å². The number of phosphoric ester groups is 1. The van der Waals surface area contributed by atoms with E-state index in [2.05, 4.69) is 6.58 Å². The van der Waals surface area contributed by atoms with E-state index in [1.165, 1.54) is 6.92 Å².